The quantitative estimate of drug-likeness (QED) is 0.754. The Balaban J connectivity index is 2.31. The number of carboxylic acids is 1. The highest BCUT2D eigenvalue weighted by atomic mass is 32.2. The lowest BCUT2D eigenvalue weighted by molar-refractivity contribution is -0.135. The molecular formula is C18H16FNO6S2. The average Bonchev–Trinajstić information content (AvgIpc) is 2.89. The molecule has 1 N–H and O–H groups in total. The fourth-order valence-corrected chi connectivity index (χ4v) is 5.30. The molecule has 1 unspecified atom stereocenters. The molecule has 2 aromatic rings. The predicted molar refractivity (Wildman–Crippen MR) is 97.3 cm³/mol. The van der Waals surface area contributed by atoms with E-state index in [1.54, 1.807) is 6.92 Å². The molecule has 148 valence electrons. The van der Waals surface area contributed by atoms with Gasteiger partial charge in [-0.3, -0.25) is 9.79 Å². The van der Waals surface area contributed by atoms with Crippen molar-refractivity contribution in [2.45, 2.75) is 34.1 Å². The number of rotatable bonds is 5. The minimum Gasteiger partial charge on any atom is -0.481 e. The van der Waals surface area contributed by atoms with Gasteiger partial charge in [-0.2, -0.15) is 0 Å². The molecule has 0 radical (unpaired) electrons. The second-order valence-electron chi connectivity index (χ2n) is 6.42. The summed E-state index contributed by atoms with van der Waals surface area (Å²) in [5, 5.41) is 9.31. The fourth-order valence-electron chi connectivity index (χ4n) is 3.11. The van der Waals surface area contributed by atoms with Gasteiger partial charge in [-0.15, -0.1) is 0 Å². The third-order valence-corrected chi connectivity index (χ3v) is 7.38. The molecule has 10 heteroatoms. The first-order chi connectivity index (χ1) is 12.9. The zero-order valence-corrected chi connectivity index (χ0v) is 16.5. The zero-order valence-electron chi connectivity index (χ0n) is 14.9. The molecule has 0 spiro atoms. The van der Waals surface area contributed by atoms with Crippen LogP contribution in [0, 0.1) is 5.82 Å². The van der Waals surface area contributed by atoms with Crippen LogP contribution in [0.5, 0.6) is 0 Å². The second-order valence-corrected chi connectivity index (χ2v) is 10.3. The second kappa shape index (κ2) is 6.78. The molecule has 0 aliphatic carbocycles. The molecule has 2 aromatic carbocycles. The van der Waals surface area contributed by atoms with Crippen LogP contribution in [0.3, 0.4) is 0 Å². The van der Waals surface area contributed by atoms with E-state index in [2.05, 4.69) is 4.99 Å². The van der Waals surface area contributed by atoms with E-state index >= 15 is 0 Å². The molecule has 0 fully saturated rings. The minimum atomic E-state index is -4.39. The van der Waals surface area contributed by atoms with Crippen molar-refractivity contribution in [1.82, 2.24) is 0 Å². The van der Waals surface area contributed by atoms with Crippen molar-refractivity contribution in [1.29, 1.82) is 0 Å². The summed E-state index contributed by atoms with van der Waals surface area (Å²) in [6.07, 6.45) is 0.507. The highest BCUT2D eigenvalue weighted by Crippen LogP contribution is 2.24. The number of carboxylic acid groups (broad SMARTS) is 1. The molecule has 0 saturated carbocycles. The van der Waals surface area contributed by atoms with E-state index in [4.69, 9.17) is 5.11 Å². The van der Waals surface area contributed by atoms with Crippen molar-refractivity contribution in [2.24, 2.45) is 4.99 Å². The average molecular weight is 425 g/mol. The van der Waals surface area contributed by atoms with Crippen LogP contribution in [0.4, 0.5) is 4.39 Å². The van der Waals surface area contributed by atoms with Gasteiger partial charge in [0.2, 0.25) is 9.84 Å². The van der Waals surface area contributed by atoms with Crippen molar-refractivity contribution in [3.63, 3.8) is 0 Å². The van der Waals surface area contributed by atoms with Gasteiger partial charge >= 0.3 is 5.97 Å². The molecule has 0 aromatic heterocycles. The number of halogens is 1. The summed E-state index contributed by atoms with van der Waals surface area (Å²) in [4.78, 5) is 14.4. The normalized spacial score (nSPS) is 16.5. The Morgan fingerprint density at radius 3 is 2.18 bits per heavy atom. The lowest BCUT2D eigenvalue weighted by Crippen LogP contribution is -2.32. The third kappa shape index (κ3) is 3.45. The van der Waals surface area contributed by atoms with Gasteiger partial charge < -0.3 is 5.11 Å². The maximum atomic E-state index is 14.7. The van der Waals surface area contributed by atoms with Gasteiger partial charge in [-0.25, -0.2) is 21.2 Å². The maximum Gasteiger partial charge on any atom is 0.307 e. The minimum absolute atomic E-state index is 0.0397. The van der Waals surface area contributed by atoms with Crippen LogP contribution in [0.1, 0.15) is 13.3 Å². The molecule has 0 saturated heterocycles. The van der Waals surface area contributed by atoms with E-state index in [0.29, 0.717) is 0 Å². The molecule has 3 rings (SSSR count). The number of hydrogen-bond acceptors (Lipinski definition) is 6. The number of fused-ring (bicyclic) bond motifs is 1. The largest absolute Gasteiger partial charge is 0.481 e. The van der Waals surface area contributed by atoms with Crippen molar-refractivity contribution in [2.75, 3.05) is 6.26 Å². The number of hydrogen-bond donors (Lipinski definition) is 1. The Morgan fingerprint density at radius 1 is 1.07 bits per heavy atom. The molecule has 1 aliphatic rings. The van der Waals surface area contributed by atoms with Crippen molar-refractivity contribution in [3.8, 4) is 0 Å². The van der Waals surface area contributed by atoms with Gasteiger partial charge in [0.15, 0.2) is 9.84 Å². The van der Waals surface area contributed by atoms with E-state index in [1.165, 1.54) is 6.07 Å². The highest BCUT2D eigenvalue weighted by molar-refractivity contribution is 7.91. The summed E-state index contributed by atoms with van der Waals surface area (Å²) >= 11 is 0. The van der Waals surface area contributed by atoms with Crippen molar-refractivity contribution >= 4 is 31.2 Å². The first-order valence-electron chi connectivity index (χ1n) is 8.09. The number of nitrogens with zero attached hydrogens (tertiary/aromatic N) is 1. The van der Waals surface area contributed by atoms with Crippen LogP contribution < -0.4 is 10.6 Å². The van der Waals surface area contributed by atoms with Gasteiger partial charge in [0.1, 0.15) is 10.7 Å². The zero-order chi connectivity index (χ0) is 20.9. The van der Waals surface area contributed by atoms with Gasteiger partial charge in [-0.1, -0.05) is 0 Å². The first-order valence-corrected chi connectivity index (χ1v) is 11.5. The van der Waals surface area contributed by atoms with Gasteiger partial charge in [0.25, 0.3) is 0 Å². The molecule has 0 amide bonds. The van der Waals surface area contributed by atoms with Gasteiger partial charge in [-0.05, 0) is 48.9 Å². The topological polar surface area (TPSA) is 118 Å². The van der Waals surface area contributed by atoms with E-state index < -0.39 is 48.8 Å². The molecule has 7 nitrogen and oxygen atoms in total. The Morgan fingerprint density at radius 2 is 1.64 bits per heavy atom. The number of carbonyl (C=O) groups is 1. The summed E-state index contributed by atoms with van der Waals surface area (Å²) in [7, 11) is -7.92. The van der Waals surface area contributed by atoms with E-state index in [0.717, 1.165) is 36.6 Å². The predicted octanol–water partition coefficient (Wildman–Crippen LogP) is 0.709. The van der Waals surface area contributed by atoms with Crippen LogP contribution in [-0.2, 0) is 24.5 Å². The Bertz CT molecular complexity index is 1310. The highest BCUT2D eigenvalue weighted by Gasteiger charge is 2.29. The number of sulfone groups is 2. The number of aliphatic carboxylic acids is 1. The van der Waals surface area contributed by atoms with Gasteiger partial charge in [0, 0.05) is 11.5 Å². The Labute approximate surface area is 160 Å². The standard InChI is InChI=1S/C18H16FNO6S2/c1-10-13(9-16(21)22)17-15(20-10)8-7-14(19)18(17)28(25,26)12-5-3-11(4-6-12)27(2,23)24/h3-8,10H,9H2,1-2H3,(H,21,22). The molecule has 28 heavy (non-hydrogen) atoms. The Hall–Kier alpha value is -2.59. The Kier molecular flexibility index (Phi) is 4.88. The smallest absolute Gasteiger partial charge is 0.307 e. The van der Waals surface area contributed by atoms with Crippen LogP contribution in [-0.4, -0.2) is 40.2 Å². The summed E-state index contributed by atoms with van der Waals surface area (Å²) in [5.41, 5.74) is 0.202. The van der Waals surface area contributed by atoms with E-state index in [-0.39, 0.29) is 25.9 Å². The SMILES string of the molecule is CC1N=c2ccc(F)c(S(=O)(=O)c3ccc(S(C)(=O)=O)cc3)c2=C1CC(=O)O. The van der Waals surface area contributed by atoms with E-state index in [9.17, 15) is 26.0 Å². The first kappa shape index (κ1) is 20.2. The maximum absolute atomic E-state index is 14.7. The third-order valence-electron chi connectivity index (χ3n) is 4.42. The van der Waals surface area contributed by atoms with E-state index in [1.807, 2.05) is 0 Å². The van der Waals surface area contributed by atoms with Crippen LogP contribution in [0.25, 0.3) is 5.57 Å². The monoisotopic (exact) mass is 425 g/mol. The van der Waals surface area contributed by atoms with Crippen LogP contribution in [0.15, 0.2) is 56.1 Å². The summed E-state index contributed by atoms with van der Waals surface area (Å²) in [6, 6.07) is 6.08. The lowest BCUT2D eigenvalue weighted by Gasteiger charge is -2.10. The van der Waals surface area contributed by atoms with Crippen molar-refractivity contribution < 1.29 is 31.1 Å². The molecular weight excluding hydrogens is 409 g/mol. The fraction of sp³-hybridized carbons (Fsp3) is 0.222. The van der Waals surface area contributed by atoms with Crippen molar-refractivity contribution in [3.05, 3.63) is 52.8 Å². The van der Waals surface area contributed by atoms with Gasteiger partial charge in [0.05, 0.1) is 27.6 Å². The summed E-state index contributed by atoms with van der Waals surface area (Å²) < 4.78 is 64.0. The van der Waals surface area contributed by atoms with Crippen LogP contribution >= 0.6 is 0 Å². The summed E-state index contributed by atoms with van der Waals surface area (Å²) in [5.74, 6) is -2.21. The molecule has 1 heterocycles. The molecule has 0 bridgehead atoms. The lowest BCUT2D eigenvalue weighted by atomic mass is 10.0. The molecule has 1 atom stereocenters. The number of benzene rings is 2. The molecule has 1 aliphatic heterocycles. The summed E-state index contributed by atoms with van der Waals surface area (Å²) in [6.45, 7) is 1.60. The van der Waals surface area contributed by atoms with Crippen LogP contribution in [0.2, 0.25) is 0 Å².